The second kappa shape index (κ2) is 6.39. The molecule has 0 saturated carbocycles. The molecule has 0 radical (unpaired) electrons. The van der Waals surface area contributed by atoms with Crippen LogP contribution in [0.15, 0.2) is 12.2 Å². The molecule has 0 aromatic carbocycles. The average molecular weight is 172 g/mol. The zero-order valence-corrected chi connectivity index (χ0v) is 7.20. The summed E-state index contributed by atoms with van der Waals surface area (Å²) in [4.78, 5) is 21.3. The van der Waals surface area contributed by atoms with E-state index >= 15 is 0 Å². The monoisotopic (exact) mass is 172 g/mol. The van der Waals surface area contributed by atoms with Gasteiger partial charge in [-0.2, -0.15) is 0 Å². The summed E-state index contributed by atoms with van der Waals surface area (Å²) < 4.78 is 9.03. The Morgan fingerprint density at radius 2 is 2.00 bits per heavy atom. The molecular weight excluding hydrogens is 160 g/mol. The minimum absolute atomic E-state index is 0.292. The van der Waals surface area contributed by atoms with E-state index in [0.717, 1.165) is 0 Å². The van der Waals surface area contributed by atoms with Gasteiger partial charge in [0.2, 0.25) is 0 Å². The number of esters is 2. The number of hydrogen-bond donors (Lipinski definition) is 0. The van der Waals surface area contributed by atoms with Crippen molar-refractivity contribution in [2.24, 2.45) is 0 Å². The highest BCUT2D eigenvalue weighted by Gasteiger charge is 2.03. The van der Waals surface area contributed by atoms with Crippen molar-refractivity contribution in [2.75, 3.05) is 13.2 Å². The van der Waals surface area contributed by atoms with E-state index in [1.54, 1.807) is 13.8 Å². The van der Waals surface area contributed by atoms with Crippen molar-refractivity contribution >= 4 is 11.9 Å². The zero-order valence-electron chi connectivity index (χ0n) is 7.20. The maximum absolute atomic E-state index is 10.6. The van der Waals surface area contributed by atoms with Gasteiger partial charge in [0.25, 0.3) is 0 Å². The van der Waals surface area contributed by atoms with Crippen LogP contribution < -0.4 is 0 Å². The van der Waals surface area contributed by atoms with Crippen molar-refractivity contribution in [2.45, 2.75) is 13.8 Å². The molecule has 0 amide bonds. The van der Waals surface area contributed by atoms with Gasteiger partial charge in [-0.3, -0.25) is 0 Å². The molecule has 0 N–H and O–H groups in total. The highest BCUT2D eigenvalue weighted by Crippen LogP contribution is 1.84. The van der Waals surface area contributed by atoms with E-state index in [1.807, 2.05) is 0 Å². The molecule has 4 nitrogen and oxygen atoms in total. The lowest BCUT2D eigenvalue weighted by atomic mass is 10.5. The first-order valence-electron chi connectivity index (χ1n) is 3.65. The van der Waals surface area contributed by atoms with Crippen LogP contribution in [0.5, 0.6) is 0 Å². The second-order valence-corrected chi connectivity index (χ2v) is 1.91. The lowest BCUT2D eigenvalue weighted by Crippen LogP contribution is -2.14. The lowest BCUT2D eigenvalue weighted by Gasteiger charge is -2.00. The Morgan fingerprint density at radius 3 is 2.50 bits per heavy atom. The van der Waals surface area contributed by atoms with Gasteiger partial charge in [-0.1, -0.05) is 6.08 Å². The van der Waals surface area contributed by atoms with E-state index in [4.69, 9.17) is 0 Å². The molecule has 0 atom stereocenters. The van der Waals surface area contributed by atoms with E-state index < -0.39 is 11.9 Å². The summed E-state index contributed by atoms with van der Waals surface area (Å²) in [6.07, 6.45) is 2.77. The first-order valence-corrected chi connectivity index (χ1v) is 3.65. The standard InChI is InChI=1S/C8H12O4/c1-3-5-7(9)12-6-8(10)11-4-2/h3,5H,4,6H2,1-2H3. The normalized spacial score (nSPS) is 9.83. The summed E-state index contributed by atoms with van der Waals surface area (Å²) in [6, 6.07) is 0. The largest absolute Gasteiger partial charge is 0.463 e. The third kappa shape index (κ3) is 5.46. The molecule has 0 aliphatic rings. The summed E-state index contributed by atoms with van der Waals surface area (Å²) in [5, 5.41) is 0. The van der Waals surface area contributed by atoms with Gasteiger partial charge in [0.1, 0.15) is 0 Å². The SMILES string of the molecule is CC=CC(=O)OCC(=O)OCC. The summed E-state index contributed by atoms with van der Waals surface area (Å²) in [5.74, 6) is -1.07. The van der Waals surface area contributed by atoms with E-state index in [9.17, 15) is 9.59 Å². The van der Waals surface area contributed by atoms with E-state index in [0.29, 0.717) is 6.61 Å². The Kier molecular flexibility index (Phi) is 5.69. The van der Waals surface area contributed by atoms with Crippen molar-refractivity contribution in [3.05, 3.63) is 12.2 Å². The number of rotatable bonds is 4. The van der Waals surface area contributed by atoms with Crippen molar-refractivity contribution in [3.63, 3.8) is 0 Å². The summed E-state index contributed by atoms with van der Waals surface area (Å²) in [7, 11) is 0. The van der Waals surface area contributed by atoms with Crippen molar-refractivity contribution in [1.82, 2.24) is 0 Å². The maximum Gasteiger partial charge on any atom is 0.344 e. The van der Waals surface area contributed by atoms with E-state index in [2.05, 4.69) is 9.47 Å². The number of hydrogen-bond acceptors (Lipinski definition) is 4. The molecule has 0 aromatic heterocycles. The van der Waals surface area contributed by atoms with Crippen LogP contribution in [0.2, 0.25) is 0 Å². The molecule has 0 aromatic rings. The molecule has 0 unspecified atom stereocenters. The summed E-state index contributed by atoms with van der Waals surface area (Å²) in [5.41, 5.74) is 0. The van der Waals surface area contributed by atoms with Gasteiger partial charge < -0.3 is 9.47 Å². The third-order valence-electron chi connectivity index (χ3n) is 0.940. The molecule has 4 heteroatoms. The maximum atomic E-state index is 10.6. The minimum Gasteiger partial charge on any atom is -0.463 e. The Labute approximate surface area is 71.2 Å². The minimum atomic E-state index is -0.537. The fourth-order valence-electron chi connectivity index (χ4n) is 0.517. The molecule has 0 aliphatic heterocycles. The molecule has 0 saturated heterocycles. The Morgan fingerprint density at radius 1 is 1.33 bits per heavy atom. The predicted molar refractivity (Wildman–Crippen MR) is 42.4 cm³/mol. The van der Waals surface area contributed by atoms with Crippen LogP contribution in [0.3, 0.4) is 0 Å². The fourth-order valence-corrected chi connectivity index (χ4v) is 0.517. The fraction of sp³-hybridized carbons (Fsp3) is 0.500. The second-order valence-electron chi connectivity index (χ2n) is 1.91. The Hall–Kier alpha value is -1.32. The quantitative estimate of drug-likeness (QED) is 0.462. The molecule has 12 heavy (non-hydrogen) atoms. The molecule has 0 rings (SSSR count). The molecule has 0 spiro atoms. The van der Waals surface area contributed by atoms with Crippen LogP contribution in [-0.2, 0) is 19.1 Å². The van der Waals surface area contributed by atoms with Gasteiger partial charge in [-0.05, 0) is 13.8 Å². The third-order valence-corrected chi connectivity index (χ3v) is 0.940. The topological polar surface area (TPSA) is 52.6 Å². The van der Waals surface area contributed by atoms with Crippen LogP contribution in [0.4, 0.5) is 0 Å². The molecular formula is C8H12O4. The first-order chi connectivity index (χ1) is 5.70. The number of carbonyl (C=O) groups is 2. The molecule has 0 fully saturated rings. The Bertz CT molecular complexity index is 183. The van der Waals surface area contributed by atoms with Gasteiger partial charge in [-0.15, -0.1) is 0 Å². The van der Waals surface area contributed by atoms with E-state index in [-0.39, 0.29) is 6.61 Å². The Balaban J connectivity index is 3.54. The number of carbonyl (C=O) groups excluding carboxylic acids is 2. The van der Waals surface area contributed by atoms with Gasteiger partial charge in [0.05, 0.1) is 6.61 Å². The average Bonchev–Trinajstić information content (AvgIpc) is 2.02. The number of ether oxygens (including phenoxy) is 2. The predicted octanol–water partition coefficient (Wildman–Crippen LogP) is 0.669. The molecule has 0 bridgehead atoms. The lowest BCUT2D eigenvalue weighted by molar-refractivity contribution is -0.155. The molecule has 0 aliphatic carbocycles. The highest BCUT2D eigenvalue weighted by molar-refractivity contribution is 5.84. The zero-order chi connectivity index (χ0) is 9.40. The smallest absolute Gasteiger partial charge is 0.344 e. The van der Waals surface area contributed by atoms with Crippen molar-refractivity contribution < 1.29 is 19.1 Å². The first kappa shape index (κ1) is 10.7. The van der Waals surface area contributed by atoms with Crippen molar-refractivity contribution in [1.29, 1.82) is 0 Å². The van der Waals surface area contributed by atoms with Gasteiger partial charge in [0, 0.05) is 6.08 Å². The number of allylic oxidation sites excluding steroid dienone is 1. The van der Waals surface area contributed by atoms with Crippen LogP contribution in [-0.4, -0.2) is 25.2 Å². The van der Waals surface area contributed by atoms with Crippen LogP contribution >= 0.6 is 0 Å². The highest BCUT2D eigenvalue weighted by atomic mass is 16.6. The van der Waals surface area contributed by atoms with Gasteiger partial charge >= 0.3 is 11.9 Å². The van der Waals surface area contributed by atoms with Gasteiger partial charge in [-0.25, -0.2) is 9.59 Å². The van der Waals surface area contributed by atoms with Gasteiger partial charge in [0.15, 0.2) is 6.61 Å². The summed E-state index contributed by atoms with van der Waals surface area (Å²) >= 11 is 0. The van der Waals surface area contributed by atoms with Crippen LogP contribution in [0, 0.1) is 0 Å². The van der Waals surface area contributed by atoms with Crippen LogP contribution in [0.1, 0.15) is 13.8 Å². The summed E-state index contributed by atoms with van der Waals surface area (Å²) in [6.45, 7) is 3.34. The van der Waals surface area contributed by atoms with Crippen LogP contribution in [0.25, 0.3) is 0 Å². The van der Waals surface area contributed by atoms with E-state index in [1.165, 1.54) is 12.2 Å². The molecule has 0 heterocycles. The molecule has 68 valence electrons. The van der Waals surface area contributed by atoms with Crippen molar-refractivity contribution in [3.8, 4) is 0 Å².